The molecule has 1 aromatic rings. The van der Waals surface area contributed by atoms with Gasteiger partial charge in [0, 0.05) is 51.0 Å². The third-order valence-corrected chi connectivity index (χ3v) is 5.55. The fraction of sp³-hybridized carbons (Fsp3) is 0.700. The highest BCUT2D eigenvalue weighted by Gasteiger charge is 2.22. The third kappa shape index (κ3) is 4.50. The number of anilines is 1. The minimum Gasteiger partial charge on any atom is -0.369 e. The summed E-state index contributed by atoms with van der Waals surface area (Å²) in [4.78, 5) is 7.82. The highest BCUT2D eigenvalue weighted by atomic mass is 15.3. The van der Waals surface area contributed by atoms with E-state index in [2.05, 4.69) is 58.3 Å². The number of hydrogen-bond acceptors (Lipinski definition) is 4. The molecule has 1 N–H and O–H groups in total. The van der Waals surface area contributed by atoms with Crippen LogP contribution in [0.2, 0.25) is 0 Å². The Kier molecular flexibility index (Phi) is 6.52. The van der Waals surface area contributed by atoms with Gasteiger partial charge in [-0.05, 0) is 51.0 Å². The number of likely N-dealkylation sites (N-methyl/N-ethyl adjacent to an activating group) is 1. The minimum absolute atomic E-state index is 0.656. The normalized spacial score (nSPS) is 23.6. The molecule has 2 aliphatic rings. The van der Waals surface area contributed by atoms with E-state index in [1.165, 1.54) is 63.2 Å². The zero-order chi connectivity index (χ0) is 16.8. The molecule has 0 saturated carbocycles. The summed E-state index contributed by atoms with van der Waals surface area (Å²) in [6, 6.07) is 9.71. The average Bonchev–Trinajstić information content (AvgIpc) is 2.63. The summed E-state index contributed by atoms with van der Waals surface area (Å²) in [5, 5.41) is 3.46. The molecule has 0 radical (unpaired) electrons. The van der Waals surface area contributed by atoms with Crippen LogP contribution in [0.3, 0.4) is 0 Å². The van der Waals surface area contributed by atoms with Gasteiger partial charge in [-0.1, -0.05) is 25.1 Å². The lowest BCUT2D eigenvalue weighted by Gasteiger charge is -2.38. The van der Waals surface area contributed by atoms with Crippen LogP contribution in [0.25, 0.3) is 0 Å². The molecule has 0 aliphatic carbocycles. The van der Waals surface area contributed by atoms with Crippen LogP contribution in [-0.4, -0.2) is 68.7 Å². The van der Waals surface area contributed by atoms with E-state index in [0.29, 0.717) is 6.04 Å². The van der Waals surface area contributed by atoms with Crippen molar-refractivity contribution in [3.05, 3.63) is 29.8 Å². The number of para-hydroxylation sites is 1. The average molecular weight is 331 g/mol. The molecule has 1 unspecified atom stereocenters. The first kappa shape index (κ1) is 17.7. The van der Waals surface area contributed by atoms with Crippen molar-refractivity contribution in [1.82, 2.24) is 15.1 Å². The lowest BCUT2D eigenvalue weighted by Crippen LogP contribution is -2.47. The van der Waals surface area contributed by atoms with E-state index >= 15 is 0 Å². The largest absolute Gasteiger partial charge is 0.369 e. The second-order valence-corrected chi connectivity index (χ2v) is 7.32. The monoisotopic (exact) mass is 330 g/mol. The molecule has 0 bridgehead atoms. The Hall–Kier alpha value is -1.10. The molecule has 2 fully saturated rings. The van der Waals surface area contributed by atoms with Crippen LogP contribution in [0.15, 0.2) is 24.3 Å². The van der Waals surface area contributed by atoms with Gasteiger partial charge in [-0.2, -0.15) is 0 Å². The molecule has 1 aromatic carbocycles. The number of piperazine rings is 1. The zero-order valence-corrected chi connectivity index (χ0v) is 15.5. The van der Waals surface area contributed by atoms with Gasteiger partial charge in [-0.25, -0.2) is 0 Å². The summed E-state index contributed by atoms with van der Waals surface area (Å²) in [6.45, 7) is 11.7. The molecule has 0 spiro atoms. The maximum Gasteiger partial charge on any atom is 0.0412 e. The number of nitrogens with zero attached hydrogens (tertiary/aromatic N) is 3. The number of benzene rings is 1. The lowest BCUT2D eigenvalue weighted by atomic mass is 10.0. The third-order valence-electron chi connectivity index (χ3n) is 5.55. The summed E-state index contributed by atoms with van der Waals surface area (Å²) in [6.07, 6.45) is 3.88. The first-order valence-electron chi connectivity index (χ1n) is 9.75. The van der Waals surface area contributed by atoms with Crippen LogP contribution < -0.4 is 10.2 Å². The quantitative estimate of drug-likeness (QED) is 0.864. The first-order chi connectivity index (χ1) is 11.8. The minimum atomic E-state index is 0.656. The molecule has 0 aromatic heterocycles. The van der Waals surface area contributed by atoms with Crippen LogP contribution in [0.4, 0.5) is 5.69 Å². The van der Waals surface area contributed by atoms with Gasteiger partial charge in [0.25, 0.3) is 0 Å². The number of piperidine rings is 1. The maximum atomic E-state index is 3.46. The van der Waals surface area contributed by atoms with Crippen molar-refractivity contribution in [2.45, 2.75) is 38.8 Å². The molecule has 3 rings (SSSR count). The van der Waals surface area contributed by atoms with Crippen molar-refractivity contribution < 1.29 is 0 Å². The summed E-state index contributed by atoms with van der Waals surface area (Å²) in [7, 11) is 2.10. The fourth-order valence-corrected chi connectivity index (χ4v) is 4.16. The number of nitrogens with one attached hydrogen (secondary N) is 1. The predicted octanol–water partition coefficient (Wildman–Crippen LogP) is 2.40. The molecular weight excluding hydrogens is 296 g/mol. The van der Waals surface area contributed by atoms with Crippen LogP contribution >= 0.6 is 0 Å². The van der Waals surface area contributed by atoms with Crippen molar-refractivity contribution in [3.8, 4) is 0 Å². The van der Waals surface area contributed by atoms with Crippen molar-refractivity contribution in [2.24, 2.45) is 0 Å². The van der Waals surface area contributed by atoms with Gasteiger partial charge in [0.1, 0.15) is 0 Å². The SMILES string of the molecule is CCCN1CCN(c2ccccc2CN2CCCC(NC)C2)CC1. The van der Waals surface area contributed by atoms with Crippen LogP contribution in [0.5, 0.6) is 0 Å². The molecule has 2 saturated heterocycles. The molecule has 2 heterocycles. The lowest BCUT2D eigenvalue weighted by molar-refractivity contribution is 0.188. The van der Waals surface area contributed by atoms with Crippen LogP contribution in [-0.2, 0) is 6.54 Å². The number of hydrogen-bond donors (Lipinski definition) is 1. The Morgan fingerprint density at radius 3 is 2.58 bits per heavy atom. The highest BCUT2D eigenvalue weighted by molar-refractivity contribution is 5.54. The van der Waals surface area contributed by atoms with E-state index in [-0.39, 0.29) is 0 Å². The first-order valence-corrected chi connectivity index (χ1v) is 9.75. The Morgan fingerprint density at radius 1 is 1.04 bits per heavy atom. The second kappa shape index (κ2) is 8.84. The van der Waals surface area contributed by atoms with Crippen molar-refractivity contribution in [2.75, 3.05) is 57.8 Å². The molecule has 134 valence electrons. The Bertz CT molecular complexity index is 496. The highest BCUT2D eigenvalue weighted by Crippen LogP contribution is 2.24. The van der Waals surface area contributed by atoms with Crippen LogP contribution in [0, 0.1) is 0 Å². The Labute approximate surface area is 147 Å². The molecular formula is C20H34N4. The van der Waals surface area contributed by atoms with Gasteiger partial charge in [0.2, 0.25) is 0 Å². The molecule has 4 nitrogen and oxygen atoms in total. The molecule has 24 heavy (non-hydrogen) atoms. The van der Waals surface area contributed by atoms with Gasteiger partial charge in [0.05, 0.1) is 0 Å². The summed E-state index contributed by atoms with van der Waals surface area (Å²) < 4.78 is 0. The van der Waals surface area contributed by atoms with E-state index in [9.17, 15) is 0 Å². The Morgan fingerprint density at radius 2 is 1.83 bits per heavy atom. The van der Waals surface area contributed by atoms with Gasteiger partial charge < -0.3 is 10.2 Å². The van der Waals surface area contributed by atoms with E-state index in [0.717, 1.165) is 19.6 Å². The Balaban J connectivity index is 1.63. The molecule has 2 aliphatic heterocycles. The standard InChI is InChI=1S/C20H34N4/c1-3-10-22-12-14-24(15-13-22)20-9-5-4-7-18(20)16-23-11-6-8-19(17-23)21-2/h4-5,7,9,19,21H,3,6,8,10-17H2,1-2H3. The molecule has 0 amide bonds. The van der Waals surface area contributed by atoms with Crippen molar-refractivity contribution in [3.63, 3.8) is 0 Å². The van der Waals surface area contributed by atoms with E-state index in [1.807, 2.05) is 0 Å². The van der Waals surface area contributed by atoms with Crippen molar-refractivity contribution >= 4 is 5.69 Å². The van der Waals surface area contributed by atoms with Gasteiger partial charge >= 0.3 is 0 Å². The number of rotatable bonds is 6. The molecule has 4 heteroatoms. The van der Waals surface area contributed by atoms with Crippen molar-refractivity contribution in [1.29, 1.82) is 0 Å². The smallest absolute Gasteiger partial charge is 0.0412 e. The second-order valence-electron chi connectivity index (χ2n) is 7.32. The summed E-state index contributed by atoms with van der Waals surface area (Å²) in [5.74, 6) is 0. The maximum absolute atomic E-state index is 3.46. The summed E-state index contributed by atoms with van der Waals surface area (Å²) >= 11 is 0. The summed E-state index contributed by atoms with van der Waals surface area (Å²) in [5.41, 5.74) is 2.96. The zero-order valence-electron chi connectivity index (χ0n) is 15.5. The van der Waals surface area contributed by atoms with Crippen LogP contribution in [0.1, 0.15) is 31.7 Å². The fourth-order valence-electron chi connectivity index (χ4n) is 4.16. The van der Waals surface area contributed by atoms with Gasteiger partial charge in [-0.15, -0.1) is 0 Å². The van der Waals surface area contributed by atoms with Gasteiger partial charge in [0.15, 0.2) is 0 Å². The predicted molar refractivity (Wildman–Crippen MR) is 103 cm³/mol. The van der Waals surface area contributed by atoms with E-state index < -0.39 is 0 Å². The number of likely N-dealkylation sites (tertiary alicyclic amines) is 1. The van der Waals surface area contributed by atoms with Gasteiger partial charge in [-0.3, -0.25) is 9.80 Å². The molecule has 1 atom stereocenters. The van der Waals surface area contributed by atoms with E-state index in [1.54, 1.807) is 0 Å². The topological polar surface area (TPSA) is 21.8 Å². The van der Waals surface area contributed by atoms with E-state index in [4.69, 9.17) is 0 Å².